The normalized spacial score (nSPS) is 10.7. The van der Waals surface area contributed by atoms with Gasteiger partial charge in [-0.3, -0.25) is 9.78 Å². The Balaban J connectivity index is 2.16. The molecule has 2 aromatic heterocycles. The van der Waals surface area contributed by atoms with Gasteiger partial charge in [0.2, 0.25) is 0 Å². The Morgan fingerprint density at radius 2 is 1.72 bits per heavy atom. The van der Waals surface area contributed by atoms with Crippen molar-refractivity contribution in [2.24, 2.45) is 0 Å². The van der Waals surface area contributed by atoms with Gasteiger partial charge in [0.15, 0.2) is 0 Å². The van der Waals surface area contributed by atoms with E-state index >= 15 is 0 Å². The first kappa shape index (κ1) is 10.7. The average Bonchev–Trinajstić information content (AvgIpc) is 2.43. The zero-order chi connectivity index (χ0) is 12.4. The Morgan fingerprint density at radius 1 is 0.944 bits per heavy atom. The first-order valence-electron chi connectivity index (χ1n) is 5.82. The lowest BCUT2D eigenvalue weighted by Crippen LogP contribution is -2.19. The van der Waals surface area contributed by atoms with Crippen LogP contribution < -0.4 is 5.56 Å². The van der Waals surface area contributed by atoms with Gasteiger partial charge in [-0.15, -0.1) is 0 Å². The van der Waals surface area contributed by atoms with Crippen LogP contribution in [0.5, 0.6) is 0 Å². The van der Waals surface area contributed by atoms with Crippen molar-refractivity contribution in [1.82, 2.24) is 9.55 Å². The van der Waals surface area contributed by atoms with E-state index in [-0.39, 0.29) is 5.56 Å². The number of nitrogens with zero attached hydrogens (tertiary/aromatic N) is 2. The first-order valence-corrected chi connectivity index (χ1v) is 5.82. The summed E-state index contributed by atoms with van der Waals surface area (Å²) in [6.07, 6.45) is 3.48. The molecule has 3 aromatic rings. The molecule has 3 rings (SSSR count). The number of rotatable bonds is 2. The minimum atomic E-state index is 0.0190. The topological polar surface area (TPSA) is 34.9 Å². The summed E-state index contributed by atoms with van der Waals surface area (Å²) in [6, 6.07) is 15.2. The fourth-order valence-corrected chi connectivity index (χ4v) is 2.08. The standard InChI is InChI=1S/C15H12N2O/c18-15-6-5-13-3-1-2-4-14(13)17(15)11-12-7-9-16-10-8-12/h1-10H,11H2. The zero-order valence-corrected chi connectivity index (χ0v) is 9.78. The van der Waals surface area contributed by atoms with E-state index in [0.717, 1.165) is 16.5 Å². The Labute approximate surface area is 104 Å². The molecule has 3 heteroatoms. The van der Waals surface area contributed by atoms with E-state index < -0.39 is 0 Å². The van der Waals surface area contributed by atoms with E-state index in [2.05, 4.69) is 4.98 Å². The third-order valence-electron chi connectivity index (χ3n) is 2.99. The summed E-state index contributed by atoms with van der Waals surface area (Å²) < 4.78 is 1.78. The van der Waals surface area contributed by atoms with E-state index in [0.29, 0.717) is 6.54 Å². The van der Waals surface area contributed by atoms with Crippen LogP contribution in [-0.2, 0) is 6.54 Å². The van der Waals surface area contributed by atoms with Crippen molar-refractivity contribution < 1.29 is 0 Å². The van der Waals surface area contributed by atoms with Crippen LogP contribution in [0.4, 0.5) is 0 Å². The van der Waals surface area contributed by atoms with Gasteiger partial charge in [-0.25, -0.2) is 0 Å². The van der Waals surface area contributed by atoms with E-state index in [1.807, 2.05) is 42.5 Å². The molecule has 0 N–H and O–H groups in total. The minimum absolute atomic E-state index is 0.0190. The van der Waals surface area contributed by atoms with Crippen molar-refractivity contribution in [2.75, 3.05) is 0 Å². The van der Waals surface area contributed by atoms with Crippen LogP contribution in [0.1, 0.15) is 5.56 Å². The highest BCUT2D eigenvalue weighted by atomic mass is 16.1. The number of pyridine rings is 2. The summed E-state index contributed by atoms with van der Waals surface area (Å²) in [7, 11) is 0. The molecule has 2 heterocycles. The molecule has 88 valence electrons. The maximum absolute atomic E-state index is 12.0. The molecule has 0 amide bonds. The predicted octanol–water partition coefficient (Wildman–Crippen LogP) is 2.44. The van der Waals surface area contributed by atoms with Crippen molar-refractivity contribution in [3.8, 4) is 0 Å². The van der Waals surface area contributed by atoms with Crippen LogP contribution in [0.2, 0.25) is 0 Å². The second kappa shape index (κ2) is 4.45. The maximum atomic E-state index is 12.0. The maximum Gasteiger partial charge on any atom is 0.251 e. The van der Waals surface area contributed by atoms with Crippen LogP contribution in [-0.4, -0.2) is 9.55 Å². The molecule has 0 aliphatic rings. The Hall–Kier alpha value is -2.42. The van der Waals surface area contributed by atoms with Crippen LogP contribution in [0.25, 0.3) is 10.9 Å². The predicted molar refractivity (Wildman–Crippen MR) is 71.5 cm³/mol. The molecule has 0 saturated heterocycles. The van der Waals surface area contributed by atoms with Crippen LogP contribution in [0.3, 0.4) is 0 Å². The van der Waals surface area contributed by atoms with Gasteiger partial charge in [0, 0.05) is 18.5 Å². The summed E-state index contributed by atoms with van der Waals surface area (Å²) in [5.41, 5.74) is 2.05. The summed E-state index contributed by atoms with van der Waals surface area (Å²) in [5.74, 6) is 0. The highest BCUT2D eigenvalue weighted by Gasteiger charge is 2.02. The zero-order valence-electron chi connectivity index (χ0n) is 9.78. The van der Waals surface area contributed by atoms with Gasteiger partial charge in [0.05, 0.1) is 12.1 Å². The lowest BCUT2D eigenvalue weighted by atomic mass is 10.2. The van der Waals surface area contributed by atoms with E-state index in [9.17, 15) is 4.79 Å². The molecule has 0 atom stereocenters. The lowest BCUT2D eigenvalue weighted by molar-refractivity contribution is 0.793. The number of hydrogen-bond donors (Lipinski definition) is 0. The number of aromatic nitrogens is 2. The number of benzene rings is 1. The van der Waals surface area contributed by atoms with Crippen molar-refractivity contribution in [3.63, 3.8) is 0 Å². The Bertz CT molecular complexity index is 732. The van der Waals surface area contributed by atoms with Gasteiger partial charge in [-0.2, -0.15) is 0 Å². The molecular weight excluding hydrogens is 224 g/mol. The summed E-state index contributed by atoms with van der Waals surface area (Å²) in [6.45, 7) is 0.572. The molecule has 0 aliphatic heterocycles. The highest BCUT2D eigenvalue weighted by Crippen LogP contribution is 2.12. The van der Waals surface area contributed by atoms with Crippen molar-refractivity contribution in [2.45, 2.75) is 6.54 Å². The molecule has 3 nitrogen and oxygen atoms in total. The average molecular weight is 236 g/mol. The largest absolute Gasteiger partial charge is 0.304 e. The second-order valence-electron chi connectivity index (χ2n) is 4.17. The van der Waals surface area contributed by atoms with Gasteiger partial charge in [-0.05, 0) is 35.2 Å². The summed E-state index contributed by atoms with van der Waals surface area (Å²) in [4.78, 5) is 16.0. The number of para-hydroxylation sites is 1. The third-order valence-corrected chi connectivity index (χ3v) is 2.99. The molecule has 0 aliphatic carbocycles. The molecule has 0 bridgehead atoms. The molecule has 18 heavy (non-hydrogen) atoms. The number of hydrogen-bond acceptors (Lipinski definition) is 2. The van der Waals surface area contributed by atoms with Crippen molar-refractivity contribution >= 4 is 10.9 Å². The monoisotopic (exact) mass is 236 g/mol. The number of fused-ring (bicyclic) bond motifs is 1. The van der Waals surface area contributed by atoms with Crippen LogP contribution in [0.15, 0.2) is 65.7 Å². The Kier molecular flexibility index (Phi) is 2.65. The van der Waals surface area contributed by atoms with Gasteiger partial charge < -0.3 is 4.57 Å². The van der Waals surface area contributed by atoms with Crippen molar-refractivity contribution in [1.29, 1.82) is 0 Å². The molecule has 1 aromatic carbocycles. The molecule has 0 spiro atoms. The van der Waals surface area contributed by atoms with Gasteiger partial charge >= 0.3 is 0 Å². The minimum Gasteiger partial charge on any atom is -0.304 e. The van der Waals surface area contributed by atoms with E-state index in [1.165, 1.54) is 0 Å². The van der Waals surface area contributed by atoms with E-state index in [1.54, 1.807) is 23.0 Å². The van der Waals surface area contributed by atoms with E-state index in [4.69, 9.17) is 0 Å². The quantitative estimate of drug-likeness (QED) is 0.685. The van der Waals surface area contributed by atoms with Gasteiger partial charge in [0.25, 0.3) is 5.56 Å². The van der Waals surface area contributed by atoms with Crippen LogP contribution >= 0.6 is 0 Å². The first-order chi connectivity index (χ1) is 8.84. The fraction of sp³-hybridized carbons (Fsp3) is 0.0667. The molecule has 0 fully saturated rings. The van der Waals surface area contributed by atoms with Crippen molar-refractivity contribution in [3.05, 3.63) is 76.8 Å². The fourth-order valence-electron chi connectivity index (χ4n) is 2.08. The van der Waals surface area contributed by atoms with Crippen LogP contribution in [0, 0.1) is 0 Å². The summed E-state index contributed by atoms with van der Waals surface area (Å²) in [5, 5.41) is 1.08. The lowest BCUT2D eigenvalue weighted by Gasteiger charge is -2.09. The summed E-state index contributed by atoms with van der Waals surface area (Å²) >= 11 is 0. The smallest absolute Gasteiger partial charge is 0.251 e. The molecule has 0 radical (unpaired) electrons. The molecule has 0 unspecified atom stereocenters. The Morgan fingerprint density at radius 3 is 2.56 bits per heavy atom. The second-order valence-corrected chi connectivity index (χ2v) is 4.17. The third kappa shape index (κ3) is 1.91. The molecule has 0 saturated carbocycles. The molecular formula is C15H12N2O. The SMILES string of the molecule is O=c1ccc2ccccc2n1Cc1ccncc1. The van der Waals surface area contributed by atoms with Gasteiger partial charge in [-0.1, -0.05) is 18.2 Å². The van der Waals surface area contributed by atoms with Gasteiger partial charge in [0.1, 0.15) is 0 Å². The highest BCUT2D eigenvalue weighted by molar-refractivity contribution is 5.78.